The molecule has 0 radical (unpaired) electrons. The van der Waals surface area contributed by atoms with Gasteiger partial charge in [-0.3, -0.25) is 10.1 Å². The number of benzene rings is 1. The Morgan fingerprint density at radius 2 is 2.35 bits per heavy atom. The van der Waals surface area contributed by atoms with E-state index in [-0.39, 0.29) is 11.8 Å². The van der Waals surface area contributed by atoms with Gasteiger partial charge in [0.1, 0.15) is 11.5 Å². The number of nitro groups is 1. The normalized spacial score (nSPS) is 19.1. The van der Waals surface area contributed by atoms with Crippen molar-refractivity contribution in [2.75, 3.05) is 38.2 Å². The van der Waals surface area contributed by atoms with E-state index >= 15 is 0 Å². The smallest absolute Gasteiger partial charge is 0.295 e. The third kappa shape index (κ3) is 3.05. The molecule has 1 aliphatic heterocycles. The summed E-state index contributed by atoms with van der Waals surface area (Å²) in [4.78, 5) is 12.4. The first-order valence-corrected chi connectivity index (χ1v) is 6.48. The largest absolute Gasteiger partial charge is 0.373 e. The first kappa shape index (κ1) is 14.7. The number of aryl methyl sites for hydroxylation is 1. The van der Waals surface area contributed by atoms with Gasteiger partial charge in [0.05, 0.1) is 23.7 Å². The van der Waals surface area contributed by atoms with Crippen molar-refractivity contribution in [1.29, 1.82) is 0 Å². The van der Waals surface area contributed by atoms with E-state index < -0.39 is 10.7 Å². The molecule has 1 N–H and O–H groups in total. The van der Waals surface area contributed by atoms with Crippen LogP contribution in [-0.4, -0.2) is 44.3 Å². The van der Waals surface area contributed by atoms with Gasteiger partial charge in [-0.25, -0.2) is 4.39 Å². The third-order valence-corrected chi connectivity index (χ3v) is 3.36. The number of morpholine rings is 1. The summed E-state index contributed by atoms with van der Waals surface area (Å²) >= 11 is 0. The van der Waals surface area contributed by atoms with Crippen molar-refractivity contribution in [3.05, 3.63) is 33.6 Å². The Bertz CT molecular complexity index is 508. The van der Waals surface area contributed by atoms with Gasteiger partial charge in [0.25, 0.3) is 5.69 Å². The maximum Gasteiger partial charge on any atom is 0.295 e. The number of hydrogen-bond donors (Lipinski definition) is 1. The summed E-state index contributed by atoms with van der Waals surface area (Å²) in [5.74, 6) is -0.555. The number of nitro benzene ring substituents is 1. The van der Waals surface area contributed by atoms with Crippen LogP contribution >= 0.6 is 0 Å². The third-order valence-electron chi connectivity index (χ3n) is 3.36. The maximum atomic E-state index is 13.5. The second kappa shape index (κ2) is 6.15. The molecule has 6 nitrogen and oxygen atoms in total. The van der Waals surface area contributed by atoms with Crippen molar-refractivity contribution in [3.63, 3.8) is 0 Å². The number of rotatable bonds is 4. The highest BCUT2D eigenvalue weighted by Gasteiger charge is 2.26. The van der Waals surface area contributed by atoms with Crippen LogP contribution in [0.25, 0.3) is 0 Å². The van der Waals surface area contributed by atoms with Crippen molar-refractivity contribution in [2.24, 2.45) is 0 Å². The van der Waals surface area contributed by atoms with E-state index in [2.05, 4.69) is 5.32 Å². The highest BCUT2D eigenvalue weighted by molar-refractivity contribution is 5.65. The molecule has 20 heavy (non-hydrogen) atoms. The summed E-state index contributed by atoms with van der Waals surface area (Å²) in [6.07, 6.45) is -0.0290. The molecule has 0 aromatic heterocycles. The molecule has 2 rings (SSSR count). The lowest BCUT2D eigenvalue weighted by molar-refractivity contribution is -0.384. The highest BCUT2D eigenvalue weighted by Crippen LogP contribution is 2.31. The van der Waals surface area contributed by atoms with Gasteiger partial charge >= 0.3 is 0 Å². The van der Waals surface area contributed by atoms with Crippen LogP contribution in [0.4, 0.5) is 15.8 Å². The van der Waals surface area contributed by atoms with Crippen LogP contribution in [0, 0.1) is 22.9 Å². The summed E-state index contributed by atoms with van der Waals surface area (Å²) in [7, 11) is 1.83. The standard InChI is InChI=1S/C13H18FN3O3/c1-9-5-12(13(17(18)19)6-11(9)14)16-3-4-20-10(8-16)7-15-2/h5-6,10,15H,3-4,7-8H2,1-2H3. The zero-order valence-electron chi connectivity index (χ0n) is 11.6. The summed E-state index contributed by atoms with van der Waals surface area (Å²) in [6, 6.07) is 2.53. The fourth-order valence-corrected chi connectivity index (χ4v) is 2.34. The fourth-order valence-electron chi connectivity index (χ4n) is 2.34. The van der Waals surface area contributed by atoms with E-state index in [9.17, 15) is 14.5 Å². The molecule has 7 heteroatoms. The molecule has 0 bridgehead atoms. The molecule has 0 amide bonds. The zero-order chi connectivity index (χ0) is 14.7. The molecular formula is C13H18FN3O3. The first-order valence-electron chi connectivity index (χ1n) is 6.48. The van der Waals surface area contributed by atoms with Crippen molar-refractivity contribution >= 4 is 11.4 Å². The molecule has 1 aromatic rings. The average molecular weight is 283 g/mol. The van der Waals surface area contributed by atoms with Gasteiger partial charge in [-0.1, -0.05) is 0 Å². The Morgan fingerprint density at radius 1 is 1.60 bits per heavy atom. The second-order valence-corrected chi connectivity index (χ2v) is 4.84. The number of likely N-dealkylation sites (N-methyl/N-ethyl adjacent to an activating group) is 1. The summed E-state index contributed by atoms with van der Waals surface area (Å²) in [5.41, 5.74) is 0.666. The molecule has 1 aliphatic rings. The molecule has 1 fully saturated rings. The Labute approximate surface area is 116 Å². The fraction of sp³-hybridized carbons (Fsp3) is 0.538. The highest BCUT2D eigenvalue weighted by atomic mass is 19.1. The van der Waals surface area contributed by atoms with Crippen LogP contribution in [0.5, 0.6) is 0 Å². The second-order valence-electron chi connectivity index (χ2n) is 4.84. The molecule has 1 unspecified atom stereocenters. The first-order chi connectivity index (χ1) is 9.52. The van der Waals surface area contributed by atoms with Crippen molar-refractivity contribution in [1.82, 2.24) is 5.32 Å². The topological polar surface area (TPSA) is 67.6 Å². The van der Waals surface area contributed by atoms with Gasteiger partial charge in [-0.15, -0.1) is 0 Å². The molecule has 1 saturated heterocycles. The predicted octanol–water partition coefficient (Wildman–Crippen LogP) is 1.47. The molecule has 110 valence electrons. The Balaban J connectivity index is 2.31. The van der Waals surface area contributed by atoms with Crippen LogP contribution < -0.4 is 10.2 Å². The Hall–Kier alpha value is -1.73. The van der Waals surface area contributed by atoms with Crippen LogP contribution in [0.2, 0.25) is 0 Å². The minimum absolute atomic E-state index is 0.0290. The molecule has 0 spiro atoms. The van der Waals surface area contributed by atoms with E-state index in [0.717, 1.165) is 6.07 Å². The number of halogens is 1. The van der Waals surface area contributed by atoms with Crippen LogP contribution in [0.15, 0.2) is 12.1 Å². The summed E-state index contributed by atoms with van der Waals surface area (Å²) < 4.78 is 19.1. The molecule has 1 aromatic carbocycles. The lowest BCUT2D eigenvalue weighted by atomic mass is 10.1. The minimum atomic E-state index is -0.555. The lowest BCUT2D eigenvalue weighted by Gasteiger charge is -2.34. The van der Waals surface area contributed by atoms with E-state index in [4.69, 9.17) is 4.74 Å². The van der Waals surface area contributed by atoms with E-state index in [1.807, 2.05) is 11.9 Å². The number of hydrogen-bond acceptors (Lipinski definition) is 5. The number of anilines is 1. The van der Waals surface area contributed by atoms with E-state index in [1.165, 1.54) is 6.07 Å². The van der Waals surface area contributed by atoms with Crippen molar-refractivity contribution in [3.8, 4) is 0 Å². The van der Waals surface area contributed by atoms with Gasteiger partial charge in [0.15, 0.2) is 0 Å². The lowest BCUT2D eigenvalue weighted by Crippen LogP contribution is -2.46. The SMILES string of the molecule is CNCC1CN(c2cc(C)c(F)cc2[N+](=O)[O-])CCO1. The summed E-state index contributed by atoms with van der Waals surface area (Å²) in [6.45, 7) is 3.89. The van der Waals surface area contributed by atoms with Crippen LogP contribution in [0.1, 0.15) is 5.56 Å². The van der Waals surface area contributed by atoms with Gasteiger partial charge < -0.3 is 15.0 Å². The van der Waals surface area contributed by atoms with Crippen molar-refractivity contribution < 1.29 is 14.1 Å². The molecule has 1 heterocycles. The number of ether oxygens (including phenoxy) is 1. The van der Waals surface area contributed by atoms with Crippen LogP contribution in [-0.2, 0) is 4.74 Å². The van der Waals surface area contributed by atoms with Crippen molar-refractivity contribution in [2.45, 2.75) is 13.0 Å². The average Bonchev–Trinajstić information content (AvgIpc) is 2.42. The maximum absolute atomic E-state index is 13.5. The molecule has 0 saturated carbocycles. The van der Waals surface area contributed by atoms with Gasteiger partial charge in [0, 0.05) is 19.6 Å². The Morgan fingerprint density at radius 3 is 3.00 bits per heavy atom. The number of nitrogens with one attached hydrogen (secondary N) is 1. The Kier molecular flexibility index (Phi) is 4.51. The van der Waals surface area contributed by atoms with E-state index in [0.29, 0.717) is 37.5 Å². The van der Waals surface area contributed by atoms with Gasteiger partial charge in [-0.2, -0.15) is 0 Å². The monoisotopic (exact) mass is 283 g/mol. The minimum Gasteiger partial charge on any atom is -0.373 e. The van der Waals surface area contributed by atoms with E-state index in [1.54, 1.807) is 6.92 Å². The quantitative estimate of drug-likeness (QED) is 0.669. The van der Waals surface area contributed by atoms with Crippen LogP contribution in [0.3, 0.4) is 0 Å². The van der Waals surface area contributed by atoms with Gasteiger partial charge in [0.2, 0.25) is 0 Å². The van der Waals surface area contributed by atoms with Gasteiger partial charge in [-0.05, 0) is 25.6 Å². The molecular weight excluding hydrogens is 265 g/mol. The predicted molar refractivity (Wildman–Crippen MR) is 73.7 cm³/mol. The molecule has 0 aliphatic carbocycles. The molecule has 1 atom stereocenters. The zero-order valence-corrected chi connectivity index (χ0v) is 11.6. The number of nitrogens with zero attached hydrogens (tertiary/aromatic N) is 2. The summed E-state index contributed by atoms with van der Waals surface area (Å²) in [5, 5.41) is 14.1.